The van der Waals surface area contributed by atoms with Gasteiger partial charge in [0.05, 0.1) is 6.61 Å². The van der Waals surface area contributed by atoms with Crippen LogP contribution < -0.4 is 4.74 Å². The van der Waals surface area contributed by atoms with Crippen molar-refractivity contribution in [1.29, 1.82) is 0 Å². The number of rotatable bonds is 4. The Kier molecular flexibility index (Phi) is 3.79. The van der Waals surface area contributed by atoms with E-state index in [0.717, 1.165) is 11.3 Å². The second kappa shape index (κ2) is 5.88. The second-order valence-corrected chi connectivity index (χ2v) is 4.47. The van der Waals surface area contributed by atoms with E-state index in [1.165, 1.54) is 4.68 Å². The molecule has 7 heteroatoms. The van der Waals surface area contributed by atoms with Crippen LogP contribution in [0.2, 0.25) is 5.28 Å². The molecule has 3 aromatic rings. The fourth-order valence-electron chi connectivity index (χ4n) is 1.83. The van der Waals surface area contributed by atoms with Crippen molar-refractivity contribution in [3.8, 4) is 23.1 Å². The number of halogens is 1. The Bertz CT molecular complexity index is 728. The Hall–Kier alpha value is -2.47. The molecule has 0 saturated heterocycles. The summed E-state index contributed by atoms with van der Waals surface area (Å²) in [6.45, 7) is 2.57. The molecule has 0 saturated carbocycles. The maximum absolute atomic E-state index is 5.97. The van der Waals surface area contributed by atoms with E-state index in [-0.39, 0.29) is 5.28 Å². The maximum Gasteiger partial charge on any atom is 0.255 e. The van der Waals surface area contributed by atoms with Gasteiger partial charge in [0.25, 0.3) is 5.95 Å². The normalized spacial score (nSPS) is 10.6. The first-order chi connectivity index (χ1) is 10.3. The van der Waals surface area contributed by atoms with Crippen molar-refractivity contribution in [2.75, 3.05) is 6.61 Å². The summed E-state index contributed by atoms with van der Waals surface area (Å²) in [5.74, 6) is 1.67. The molecular formula is C14H12ClN5O. The van der Waals surface area contributed by atoms with Gasteiger partial charge in [0.1, 0.15) is 5.75 Å². The highest BCUT2D eigenvalue weighted by molar-refractivity contribution is 6.28. The van der Waals surface area contributed by atoms with Crippen molar-refractivity contribution in [1.82, 2.24) is 24.7 Å². The van der Waals surface area contributed by atoms with E-state index in [1.54, 1.807) is 18.5 Å². The van der Waals surface area contributed by atoms with Gasteiger partial charge >= 0.3 is 0 Å². The summed E-state index contributed by atoms with van der Waals surface area (Å²) in [6, 6.07) is 9.27. The van der Waals surface area contributed by atoms with Gasteiger partial charge in [-0.1, -0.05) is 0 Å². The second-order valence-electron chi connectivity index (χ2n) is 4.14. The molecule has 0 bridgehead atoms. The first kappa shape index (κ1) is 13.5. The van der Waals surface area contributed by atoms with Crippen molar-refractivity contribution in [3.05, 3.63) is 48.0 Å². The molecule has 0 atom stereocenters. The molecule has 0 unspecified atom stereocenters. The third-order valence-corrected chi connectivity index (χ3v) is 2.90. The van der Waals surface area contributed by atoms with E-state index in [4.69, 9.17) is 16.3 Å². The molecule has 2 heterocycles. The Labute approximate surface area is 126 Å². The largest absolute Gasteiger partial charge is 0.494 e. The Morgan fingerprint density at radius 1 is 1.14 bits per heavy atom. The Balaban J connectivity index is 1.98. The lowest BCUT2D eigenvalue weighted by atomic mass is 10.2. The van der Waals surface area contributed by atoms with Crippen LogP contribution in [-0.4, -0.2) is 31.3 Å². The van der Waals surface area contributed by atoms with E-state index in [9.17, 15) is 0 Å². The molecule has 0 aliphatic carbocycles. The minimum absolute atomic E-state index is 0.124. The van der Waals surface area contributed by atoms with Crippen LogP contribution in [-0.2, 0) is 0 Å². The zero-order valence-corrected chi connectivity index (χ0v) is 12.0. The molecule has 1 aromatic carbocycles. The topological polar surface area (TPSA) is 65.7 Å². The number of benzene rings is 1. The van der Waals surface area contributed by atoms with Gasteiger partial charge in [-0.15, -0.1) is 0 Å². The fraction of sp³-hybridized carbons (Fsp3) is 0.143. The predicted octanol–water partition coefficient (Wildman–Crippen LogP) is 2.78. The van der Waals surface area contributed by atoms with E-state index < -0.39 is 0 Å². The molecule has 2 aromatic heterocycles. The highest BCUT2D eigenvalue weighted by Gasteiger charge is 2.09. The first-order valence-corrected chi connectivity index (χ1v) is 6.79. The average molecular weight is 302 g/mol. The molecule has 6 nitrogen and oxygen atoms in total. The Morgan fingerprint density at radius 3 is 2.62 bits per heavy atom. The number of aromatic nitrogens is 5. The summed E-state index contributed by atoms with van der Waals surface area (Å²) >= 11 is 5.97. The van der Waals surface area contributed by atoms with Gasteiger partial charge in [0.15, 0.2) is 5.82 Å². The third-order valence-electron chi connectivity index (χ3n) is 2.73. The predicted molar refractivity (Wildman–Crippen MR) is 78.6 cm³/mol. The van der Waals surface area contributed by atoms with Gasteiger partial charge in [-0.05, 0) is 48.9 Å². The lowest BCUT2D eigenvalue weighted by molar-refractivity contribution is 0.340. The van der Waals surface area contributed by atoms with Crippen LogP contribution in [0, 0.1) is 0 Å². The van der Waals surface area contributed by atoms with Gasteiger partial charge in [0.2, 0.25) is 5.28 Å². The number of hydrogen-bond acceptors (Lipinski definition) is 5. The molecule has 0 aliphatic rings. The zero-order valence-electron chi connectivity index (χ0n) is 11.3. The zero-order chi connectivity index (χ0) is 14.7. The quantitative estimate of drug-likeness (QED) is 0.741. The number of ether oxygens (including phenoxy) is 1. The average Bonchev–Trinajstić information content (AvgIpc) is 3.02. The summed E-state index contributed by atoms with van der Waals surface area (Å²) in [4.78, 5) is 12.6. The molecule has 0 amide bonds. The summed E-state index contributed by atoms with van der Waals surface area (Å²) in [5.41, 5.74) is 0.830. The van der Waals surface area contributed by atoms with E-state index in [1.807, 2.05) is 31.2 Å². The van der Waals surface area contributed by atoms with Crippen LogP contribution in [0.1, 0.15) is 6.92 Å². The van der Waals surface area contributed by atoms with Gasteiger partial charge in [-0.2, -0.15) is 20.1 Å². The molecule has 0 radical (unpaired) electrons. The molecule has 0 aliphatic heterocycles. The smallest absolute Gasteiger partial charge is 0.255 e. The van der Waals surface area contributed by atoms with E-state index >= 15 is 0 Å². The molecule has 3 rings (SSSR count). The minimum atomic E-state index is 0.124. The molecule has 106 valence electrons. The first-order valence-electron chi connectivity index (χ1n) is 6.41. The van der Waals surface area contributed by atoms with Crippen molar-refractivity contribution in [2.45, 2.75) is 6.92 Å². The molecule has 0 N–H and O–H groups in total. The fourth-order valence-corrected chi connectivity index (χ4v) is 1.98. The third kappa shape index (κ3) is 3.00. The van der Waals surface area contributed by atoms with Crippen molar-refractivity contribution < 1.29 is 4.74 Å². The van der Waals surface area contributed by atoms with Crippen LogP contribution in [0.4, 0.5) is 0 Å². The number of nitrogens with zero attached hydrogens (tertiary/aromatic N) is 5. The molecule has 0 fully saturated rings. The van der Waals surface area contributed by atoms with Crippen LogP contribution >= 0.6 is 11.6 Å². The number of hydrogen-bond donors (Lipinski definition) is 0. The van der Waals surface area contributed by atoms with Crippen molar-refractivity contribution in [3.63, 3.8) is 0 Å². The lowest BCUT2D eigenvalue weighted by Gasteiger charge is -2.06. The lowest BCUT2D eigenvalue weighted by Crippen LogP contribution is -2.05. The van der Waals surface area contributed by atoms with Crippen LogP contribution in [0.3, 0.4) is 0 Å². The minimum Gasteiger partial charge on any atom is -0.494 e. The molecule has 0 spiro atoms. The van der Waals surface area contributed by atoms with Crippen LogP contribution in [0.5, 0.6) is 5.75 Å². The van der Waals surface area contributed by atoms with Gasteiger partial charge in [-0.25, -0.2) is 4.68 Å². The summed E-state index contributed by atoms with van der Waals surface area (Å²) < 4.78 is 6.94. The summed E-state index contributed by atoms with van der Waals surface area (Å²) in [7, 11) is 0. The highest BCUT2D eigenvalue weighted by atomic mass is 35.5. The maximum atomic E-state index is 5.97. The monoisotopic (exact) mass is 301 g/mol. The molecule has 21 heavy (non-hydrogen) atoms. The Morgan fingerprint density at radius 2 is 1.95 bits per heavy atom. The van der Waals surface area contributed by atoms with Gasteiger partial charge in [0, 0.05) is 18.0 Å². The van der Waals surface area contributed by atoms with Crippen LogP contribution in [0.25, 0.3) is 17.3 Å². The van der Waals surface area contributed by atoms with Crippen LogP contribution in [0.15, 0.2) is 42.7 Å². The van der Waals surface area contributed by atoms with Crippen molar-refractivity contribution >= 4 is 11.6 Å². The van der Waals surface area contributed by atoms with Gasteiger partial charge in [-0.3, -0.25) is 0 Å². The summed E-state index contributed by atoms with van der Waals surface area (Å²) in [6.07, 6.45) is 3.39. The van der Waals surface area contributed by atoms with Crippen molar-refractivity contribution in [2.24, 2.45) is 0 Å². The SMILES string of the molecule is CCOc1ccc(-c2nc(Cl)nc(-n3cccn3)n2)cc1. The standard InChI is InChI=1S/C14H12ClN5O/c1-2-21-11-6-4-10(5-7-11)12-17-13(15)19-14(18-12)20-9-3-8-16-20/h3-9H,2H2,1H3. The molecular weight excluding hydrogens is 290 g/mol. The summed E-state index contributed by atoms with van der Waals surface area (Å²) in [5, 5.41) is 4.21. The van der Waals surface area contributed by atoms with Gasteiger partial charge < -0.3 is 4.74 Å². The van der Waals surface area contributed by atoms with E-state index in [0.29, 0.717) is 18.4 Å². The van der Waals surface area contributed by atoms with E-state index in [2.05, 4.69) is 20.1 Å². The highest BCUT2D eigenvalue weighted by Crippen LogP contribution is 2.21.